The molecule has 7 aromatic carbocycles. The number of para-hydroxylation sites is 1. The van der Waals surface area contributed by atoms with E-state index in [0.717, 1.165) is 66.1 Å². The van der Waals surface area contributed by atoms with Crippen molar-refractivity contribution in [1.29, 1.82) is 0 Å². The van der Waals surface area contributed by atoms with Crippen LogP contribution in [0.15, 0.2) is 179 Å². The van der Waals surface area contributed by atoms with Gasteiger partial charge in [-0.25, -0.2) is 29.9 Å². The number of hydrogen-bond acceptors (Lipinski definition) is 8. The molecule has 8 nitrogen and oxygen atoms in total. The largest absolute Gasteiger partial charge is 0.456 e. The second kappa shape index (κ2) is 12.9. The molecule has 56 heavy (non-hydrogen) atoms. The van der Waals surface area contributed by atoms with Crippen molar-refractivity contribution in [2.45, 2.75) is 0 Å². The predicted octanol–water partition coefficient (Wildman–Crippen LogP) is 11.9. The Bertz CT molecular complexity index is 3190. The van der Waals surface area contributed by atoms with Crippen molar-refractivity contribution < 1.29 is 8.83 Å². The molecule has 4 aromatic heterocycles. The highest BCUT2D eigenvalue weighted by molar-refractivity contribution is 6.13. The Kier molecular flexibility index (Phi) is 7.31. The topological polar surface area (TPSA) is 104 Å². The molecule has 11 rings (SSSR count). The summed E-state index contributed by atoms with van der Waals surface area (Å²) in [5.41, 5.74) is 8.20. The molecule has 0 amide bonds. The Morgan fingerprint density at radius 3 is 1.20 bits per heavy atom. The first-order chi connectivity index (χ1) is 27.7. The second-order valence-corrected chi connectivity index (χ2v) is 13.5. The minimum absolute atomic E-state index is 0.536. The molecule has 4 heterocycles. The van der Waals surface area contributed by atoms with Gasteiger partial charge in [-0.2, -0.15) is 0 Å². The molecule has 0 N–H and O–H groups in total. The Morgan fingerprint density at radius 2 is 0.661 bits per heavy atom. The highest BCUT2D eigenvalue weighted by Crippen LogP contribution is 2.40. The monoisotopic (exact) mass is 720 g/mol. The van der Waals surface area contributed by atoms with E-state index in [4.69, 9.17) is 38.7 Å². The molecule has 11 aromatic rings. The first-order valence-corrected chi connectivity index (χ1v) is 18.3. The van der Waals surface area contributed by atoms with Crippen molar-refractivity contribution in [2.75, 3.05) is 0 Å². The first kappa shape index (κ1) is 31.7. The SMILES string of the molecule is c1ccc(-c2nc(-c3ccccc3)nc(-c3ccc4c(c3)oc3cccc(-c5nc(-c6ccccc6)nc(-c6cccc7oc8ccccc8c67)n5)c34)n2)cc1. The molecular formula is C48H28N6O2. The minimum atomic E-state index is 0.536. The van der Waals surface area contributed by atoms with Crippen LogP contribution in [0.4, 0.5) is 0 Å². The Hall–Kier alpha value is -7.84. The van der Waals surface area contributed by atoms with Gasteiger partial charge in [-0.05, 0) is 30.3 Å². The molecule has 0 aliphatic rings. The predicted molar refractivity (Wildman–Crippen MR) is 220 cm³/mol. The van der Waals surface area contributed by atoms with Crippen molar-refractivity contribution in [3.05, 3.63) is 170 Å². The summed E-state index contributed by atoms with van der Waals surface area (Å²) in [4.78, 5) is 30.1. The smallest absolute Gasteiger partial charge is 0.164 e. The molecular weight excluding hydrogens is 693 g/mol. The van der Waals surface area contributed by atoms with E-state index in [2.05, 4.69) is 12.1 Å². The van der Waals surface area contributed by atoms with Gasteiger partial charge in [0.2, 0.25) is 0 Å². The van der Waals surface area contributed by atoms with Crippen LogP contribution >= 0.6 is 0 Å². The molecule has 0 saturated carbocycles. The number of benzene rings is 7. The third-order valence-corrected chi connectivity index (χ3v) is 10.0. The summed E-state index contributed by atoms with van der Waals surface area (Å²) >= 11 is 0. The van der Waals surface area contributed by atoms with Crippen LogP contribution in [-0.4, -0.2) is 29.9 Å². The van der Waals surface area contributed by atoms with E-state index < -0.39 is 0 Å². The maximum Gasteiger partial charge on any atom is 0.164 e. The number of furan rings is 2. The Labute approximate surface area is 319 Å². The van der Waals surface area contributed by atoms with E-state index in [1.165, 1.54) is 0 Å². The lowest BCUT2D eigenvalue weighted by Crippen LogP contribution is -2.00. The van der Waals surface area contributed by atoms with Gasteiger partial charge in [-0.15, -0.1) is 0 Å². The summed E-state index contributed by atoms with van der Waals surface area (Å²) in [5, 5.41) is 3.79. The first-order valence-electron chi connectivity index (χ1n) is 18.3. The lowest BCUT2D eigenvalue weighted by molar-refractivity contribution is 0.668. The van der Waals surface area contributed by atoms with Gasteiger partial charge >= 0.3 is 0 Å². The van der Waals surface area contributed by atoms with Gasteiger partial charge in [0.15, 0.2) is 34.9 Å². The quantitative estimate of drug-likeness (QED) is 0.167. The van der Waals surface area contributed by atoms with Crippen LogP contribution in [0, 0.1) is 0 Å². The zero-order valence-corrected chi connectivity index (χ0v) is 29.7. The fourth-order valence-electron chi connectivity index (χ4n) is 7.38. The zero-order chi connectivity index (χ0) is 37.0. The summed E-state index contributed by atoms with van der Waals surface area (Å²) < 4.78 is 12.8. The molecule has 0 aliphatic heterocycles. The third kappa shape index (κ3) is 5.39. The Balaban J connectivity index is 1.09. The third-order valence-electron chi connectivity index (χ3n) is 10.0. The molecule has 0 atom stereocenters. The van der Waals surface area contributed by atoms with Crippen molar-refractivity contribution in [1.82, 2.24) is 29.9 Å². The molecule has 0 saturated heterocycles. The van der Waals surface area contributed by atoms with Crippen molar-refractivity contribution in [2.24, 2.45) is 0 Å². The summed E-state index contributed by atoms with van der Waals surface area (Å²) in [6.45, 7) is 0. The van der Waals surface area contributed by atoms with Gasteiger partial charge in [-0.3, -0.25) is 0 Å². The summed E-state index contributed by atoms with van der Waals surface area (Å²) in [6, 6.07) is 56.0. The van der Waals surface area contributed by atoms with Gasteiger partial charge in [0.25, 0.3) is 0 Å². The van der Waals surface area contributed by atoms with Crippen LogP contribution in [0.25, 0.3) is 112 Å². The van der Waals surface area contributed by atoms with Gasteiger partial charge in [0.1, 0.15) is 22.3 Å². The number of fused-ring (bicyclic) bond motifs is 6. The summed E-state index contributed by atoms with van der Waals surface area (Å²) in [7, 11) is 0. The lowest BCUT2D eigenvalue weighted by atomic mass is 10.0. The maximum atomic E-state index is 6.58. The molecule has 0 unspecified atom stereocenters. The number of aromatic nitrogens is 6. The summed E-state index contributed by atoms with van der Waals surface area (Å²) in [5.74, 6) is 3.40. The van der Waals surface area contributed by atoms with Crippen LogP contribution in [0.5, 0.6) is 0 Å². The van der Waals surface area contributed by atoms with Gasteiger partial charge < -0.3 is 8.83 Å². The minimum Gasteiger partial charge on any atom is -0.456 e. The van der Waals surface area contributed by atoms with Crippen molar-refractivity contribution in [3.63, 3.8) is 0 Å². The fourth-order valence-corrected chi connectivity index (χ4v) is 7.38. The van der Waals surface area contributed by atoms with E-state index in [1.807, 2.05) is 158 Å². The second-order valence-electron chi connectivity index (χ2n) is 13.5. The number of rotatable bonds is 6. The van der Waals surface area contributed by atoms with Crippen LogP contribution in [0.3, 0.4) is 0 Å². The Morgan fingerprint density at radius 1 is 0.268 bits per heavy atom. The van der Waals surface area contributed by atoms with Crippen molar-refractivity contribution in [3.8, 4) is 68.3 Å². The van der Waals surface area contributed by atoms with Crippen LogP contribution in [-0.2, 0) is 0 Å². The number of nitrogens with zero attached hydrogens (tertiary/aromatic N) is 6. The molecule has 0 aliphatic carbocycles. The van der Waals surface area contributed by atoms with E-state index in [0.29, 0.717) is 46.1 Å². The molecule has 8 heteroatoms. The zero-order valence-electron chi connectivity index (χ0n) is 29.7. The van der Waals surface area contributed by atoms with E-state index >= 15 is 0 Å². The van der Waals surface area contributed by atoms with E-state index in [-0.39, 0.29) is 0 Å². The van der Waals surface area contributed by atoms with Gasteiger partial charge in [-0.1, -0.05) is 140 Å². The lowest BCUT2D eigenvalue weighted by Gasteiger charge is -2.10. The average molecular weight is 721 g/mol. The molecule has 0 fully saturated rings. The maximum absolute atomic E-state index is 6.58. The average Bonchev–Trinajstić information content (AvgIpc) is 3.85. The van der Waals surface area contributed by atoms with Crippen LogP contribution in [0.2, 0.25) is 0 Å². The van der Waals surface area contributed by atoms with E-state index in [1.54, 1.807) is 0 Å². The molecule has 0 radical (unpaired) electrons. The van der Waals surface area contributed by atoms with Crippen molar-refractivity contribution >= 4 is 43.9 Å². The molecule has 262 valence electrons. The van der Waals surface area contributed by atoms with Crippen LogP contribution in [0.1, 0.15) is 0 Å². The van der Waals surface area contributed by atoms with Gasteiger partial charge in [0, 0.05) is 54.9 Å². The molecule has 0 bridgehead atoms. The van der Waals surface area contributed by atoms with Gasteiger partial charge in [0.05, 0.1) is 0 Å². The van der Waals surface area contributed by atoms with E-state index in [9.17, 15) is 0 Å². The highest BCUT2D eigenvalue weighted by Gasteiger charge is 2.21. The normalized spacial score (nSPS) is 11.6. The number of hydrogen-bond donors (Lipinski definition) is 0. The fraction of sp³-hybridized carbons (Fsp3) is 0. The highest BCUT2D eigenvalue weighted by atomic mass is 16.3. The summed E-state index contributed by atoms with van der Waals surface area (Å²) in [6.07, 6.45) is 0. The standard InChI is InChI=1S/C48H28N6O2/c1-4-14-29(15-5-1)43-49-44(30-16-6-2-7-17-30)51-46(50-43)32-26-27-34-40(28-32)56-39-25-13-22-36(42(34)39)48-53-45(31-18-8-3-9-19-31)52-47(54-48)35-21-12-24-38-41(35)33-20-10-11-23-37(33)55-38/h1-28H. The van der Waals surface area contributed by atoms with Crippen LogP contribution < -0.4 is 0 Å². The molecule has 0 spiro atoms.